The molecule has 4 nitrogen and oxygen atoms in total. The van der Waals surface area contributed by atoms with E-state index in [0.29, 0.717) is 10.0 Å². The van der Waals surface area contributed by atoms with Crippen LogP contribution in [0.15, 0.2) is 22.5 Å². The van der Waals surface area contributed by atoms with Gasteiger partial charge in [0.1, 0.15) is 0 Å². The molecule has 0 spiro atoms. The number of hydrogen-bond donors (Lipinski definition) is 1. The highest BCUT2D eigenvalue weighted by molar-refractivity contribution is 7.93. The zero-order chi connectivity index (χ0) is 14.2. The van der Waals surface area contributed by atoms with Gasteiger partial charge in [0.2, 0.25) is 0 Å². The van der Waals surface area contributed by atoms with Gasteiger partial charge in [-0.2, -0.15) is 0 Å². The Morgan fingerprint density at radius 3 is 2.16 bits per heavy atom. The van der Waals surface area contributed by atoms with Gasteiger partial charge in [0, 0.05) is 11.6 Å². The second kappa shape index (κ2) is 4.94. The Hall–Kier alpha value is -1.40. The highest BCUT2D eigenvalue weighted by Crippen LogP contribution is 2.28. The molecule has 102 valence electrons. The standard InChI is InChI=1S/C13H16N2O2S2/c1-8-7-9(2)11(4)12(10(8)3)19(16,17)15-13-14-5-6-18-13/h5-7H,1-4H3,(H,14,15). The van der Waals surface area contributed by atoms with Gasteiger partial charge >= 0.3 is 0 Å². The predicted molar refractivity (Wildman–Crippen MR) is 78.3 cm³/mol. The topological polar surface area (TPSA) is 59.1 Å². The molecule has 0 aliphatic carbocycles. The first-order chi connectivity index (χ1) is 8.83. The minimum atomic E-state index is -3.59. The van der Waals surface area contributed by atoms with Gasteiger partial charge in [-0.25, -0.2) is 13.4 Å². The summed E-state index contributed by atoms with van der Waals surface area (Å²) in [5, 5.41) is 2.12. The first-order valence-corrected chi connectivity index (χ1v) is 8.19. The fourth-order valence-electron chi connectivity index (χ4n) is 2.02. The average Bonchev–Trinajstić information content (AvgIpc) is 2.78. The Morgan fingerprint density at radius 2 is 1.68 bits per heavy atom. The Balaban J connectivity index is 2.58. The van der Waals surface area contributed by atoms with Crippen LogP contribution in [0, 0.1) is 27.7 Å². The molecule has 0 aliphatic heterocycles. The van der Waals surface area contributed by atoms with Crippen LogP contribution in [0.5, 0.6) is 0 Å². The number of anilines is 1. The van der Waals surface area contributed by atoms with Gasteiger partial charge in [0.25, 0.3) is 10.0 Å². The van der Waals surface area contributed by atoms with E-state index in [1.165, 1.54) is 11.3 Å². The first kappa shape index (κ1) is 14.0. The van der Waals surface area contributed by atoms with Crippen LogP contribution >= 0.6 is 11.3 Å². The molecular weight excluding hydrogens is 280 g/mol. The van der Waals surface area contributed by atoms with Crippen molar-refractivity contribution in [3.8, 4) is 0 Å². The molecular formula is C13H16N2O2S2. The van der Waals surface area contributed by atoms with Crippen LogP contribution in [0.1, 0.15) is 22.3 Å². The minimum absolute atomic E-state index is 0.361. The van der Waals surface area contributed by atoms with Crippen LogP contribution < -0.4 is 4.72 Å². The molecule has 0 saturated carbocycles. The summed E-state index contributed by atoms with van der Waals surface area (Å²) in [7, 11) is -3.59. The Bertz CT molecular complexity index is 678. The third kappa shape index (κ3) is 2.64. The molecule has 0 radical (unpaired) electrons. The number of hydrogen-bond acceptors (Lipinski definition) is 4. The number of nitrogens with zero attached hydrogens (tertiary/aromatic N) is 1. The van der Waals surface area contributed by atoms with E-state index in [2.05, 4.69) is 9.71 Å². The van der Waals surface area contributed by atoms with Gasteiger partial charge in [-0.15, -0.1) is 11.3 Å². The highest BCUT2D eigenvalue weighted by Gasteiger charge is 2.22. The monoisotopic (exact) mass is 296 g/mol. The summed E-state index contributed by atoms with van der Waals surface area (Å²) >= 11 is 1.26. The lowest BCUT2D eigenvalue weighted by atomic mass is 10.0. The van der Waals surface area contributed by atoms with Crippen molar-refractivity contribution in [2.24, 2.45) is 0 Å². The number of benzene rings is 1. The summed E-state index contributed by atoms with van der Waals surface area (Å²) in [5.41, 5.74) is 3.52. The van der Waals surface area contributed by atoms with Crippen LogP contribution in [-0.2, 0) is 10.0 Å². The van der Waals surface area contributed by atoms with Crippen LogP contribution in [0.4, 0.5) is 5.13 Å². The number of thiazole rings is 1. The highest BCUT2D eigenvalue weighted by atomic mass is 32.2. The number of sulfonamides is 1. The molecule has 1 aromatic heterocycles. The second-order valence-corrected chi connectivity index (χ2v) is 7.05. The van der Waals surface area contributed by atoms with Crippen molar-refractivity contribution in [1.82, 2.24) is 4.98 Å². The van der Waals surface area contributed by atoms with Crippen LogP contribution in [0.3, 0.4) is 0 Å². The fraction of sp³-hybridized carbons (Fsp3) is 0.308. The van der Waals surface area contributed by atoms with E-state index in [-0.39, 0.29) is 0 Å². The van der Waals surface area contributed by atoms with E-state index < -0.39 is 10.0 Å². The fourth-order valence-corrected chi connectivity index (χ4v) is 4.43. The number of aromatic nitrogens is 1. The SMILES string of the molecule is Cc1cc(C)c(C)c(S(=O)(=O)Nc2nccs2)c1C. The molecule has 0 saturated heterocycles. The molecule has 0 amide bonds. The maximum Gasteiger partial charge on any atom is 0.264 e. The molecule has 0 aliphatic rings. The van der Waals surface area contributed by atoms with E-state index >= 15 is 0 Å². The van der Waals surface area contributed by atoms with Gasteiger partial charge in [0.15, 0.2) is 5.13 Å². The predicted octanol–water partition coefficient (Wildman–Crippen LogP) is 3.18. The molecule has 0 atom stereocenters. The zero-order valence-electron chi connectivity index (χ0n) is 11.3. The quantitative estimate of drug-likeness (QED) is 0.946. The molecule has 6 heteroatoms. The summed E-state index contributed by atoms with van der Waals surface area (Å²) in [6.07, 6.45) is 1.57. The summed E-state index contributed by atoms with van der Waals surface area (Å²) in [6, 6.07) is 2.01. The number of aryl methyl sites for hydroxylation is 2. The van der Waals surface area contributed by atoms with Crippen molar-refractivity contribution in [2.75, 3.05) is 4.72 Å². The van der Waals surface area contributed by atoms with E-state index in [0.717, 1.165) is 22.3 Å². The smallest absolute Gasteiger partial charge is 0.255 e. The van der Waals surface area contributed by atoms with Crippen molar-refractivity contribution < 1.29 is 8.42 Å². The van der Waals surface area contributed by atoms with Crippen molar-refractivity contribution >= 4 is 26.5 Å². The zero-order valence-corrected chi connectivity index (χ0v) is 12.9. The first-order valence-electron chi connectivity index (χ1n) is 5.82. The molecule has 19 heavy (non-hydrogen) atoms. The number of nitrogens with one attached hydrogen (secondary N) is 1. The molecule has 2 aromatic rings. The Kier molecular flexibility index (Phi) is 3.64. The van der Waals surface area contributed by atoms with Crippen LogP contribution in [-0.4, -0.2) is 13.4 Å². The second-order valence-electron chi connectivity index (χ2n) is 4.53. The van der Waals surface area contributed by atoms with E-state index in [1.54, 1.807) is 11.6 Å². The van der Waals surface area contributed by atoms with Crippen molar-refractivity contribution in [2.45, 2.75) is 32.6 Å². The molecule has 2 rings (SSSR count). The lowest BCUT2D eigenvalue weighted by Gasteiger charge is -2.15. The number of rotatable bonds is 3. The molecule has 0 fully saturated rings. The summed E-state index contributed by atoms with van der Waals surface area (Å²) in [4.78, 5) is 4.32. The lowest BCUT2D eigenvalue weighted by molar-refractivity contribution is 0.599. The van der Waals surface area contributed by atoms with Crippen LogP contribution in [0.2, 0.25) is 0 Å². The van der Waals surface area contributed by atoms with Gasteiger partial charge in [-0.05, 0) is 49.9 Å². The largest absolute Gasteiger partial charge is 0.264 e. The molecule has 1 N–H and O–H groups in total. The molecule has 1 heterocycles. The Morgan fingerprint density at radius 1 is 1.11 bits per heavy atom. The van der Waals surface area contributed by atoms with Crippen molar-refractivity contribution in [3.05, 3.63) is 39.9 Å². The maximum atomic E-state index is 12.5. The molecule has 1 aromatic carbocycles. The Labute approximate surface area is 117 Å². The van der Waals surface area contributed by atoms with Gasteiger partial charge < -0.3 is 0 Å². The van der Waals surface area contributed by atoms with E-state index in [1.807, 2.05) is 33.8 Å². The summed E-state index contributed by atoms with van der Waals surface area (Å²) < 4.78 is 27.5. The van der Waals surface area contributed by atoms with Crippen LogP contribution in [0.25, 0.3) is 0 Å². The maximum absolute atomic E-state index is 12.5. The van der Waals surface area contributed by atoms with Crippen molar-refractivity contribution in [3.63, 3.8) is 0 Å². The minimum Gasteiger partial charge on any atom is -0.255 e. The third-order valence-electron chi connectivity index (χ3n) is 3.22. The van der Waals surface area contributed by atoms with Gasteiger partial charge in [-0.1, -0.05) is 6.07 Å². The third-order valence-corrected chi connectivity index (χ3v) is 5.65. The molecule has 0 unspecified atom stereocenters. The average molecular weight is 296 g/mol. The normalized spacial score (nSPS) is 11.6. The van der Waals surface area contributed by atoms with E-state index in [4.69, 9.17) is 0 Å². The van der Waals surface area contributed by atoms with Crippen molar-refractivity contribution in [1.29, 1.82) is 0 Å². The molecule has 0 bridgehead atoms. The summed E-state index contributed by atoms with van der Waals surface area (Å²) in [5.74, 6) is 0. The van der Waals surface area contributed by atoms with Gasteiger partial charge in [-0.3, -0.25) is 4.72 Å². The van der Waals surface area contributed by atoms with E-state index in [9.17, 15) is 8.42 Å². The van der Waals surface area contributed by atoms with Gasteiger partial charge in [0.05, 0.1) is 4.90 Å². The summed E-state index contributed by atoms with van der Waals surface area (Å²) in [6.45, 7) is 7.50. The lowest BCUT2D eigenvalue weighted by Crippen LogP contribution is -2.16.